The zero-order valence-corrected chi connectivity index (χ0v) is 10.1. The van der Waals surface area contributed by atoms with Gasteiger partial charge in [0, 0.05) is 13.2 Å². The average molecular weight is 233 g/mol. The van der Waals surface area contributed by atoms with Gasteiger partial charge in [-0.15, -0.1) is 0 Å². The van der Waals surface area contributed by atoms with Crippen molar-refractivity contribution in [2.75, 3.05) is 17.7 Å². The second-order valence-electron chi connectivity index (χ2n) is 3.69. The highest BCUT2D eigenvalue weighted by Gasteiger charge is 2.11. The summed E-state index contributed by atoms with van der Waals surface area (Å²) < 4.78 is 5.44. The van der Waals surface area contributed by atoms with Gasteiger partial charge in [-0.3, -0.25) is 0 Å². The largest absolute Gasteiger partial charge is 0.444 e. The van der Waals surface area contributed by atoms with Gasteiger partial charge in [-0.05, 0) is 19.9 Å². The minimum absolute atomic E-state index is 0.0386. The number of aryl methyl sites for hydroxylation is 1. The van der Waals surface area contributed by atoms with Crippen LogP contribution in [0.25, 0.3) is 0 Å². The van der Waals surface area contributed by atoms with Crippen LogP contribution in [0.4, 0.5) is 11.8 Å². The molecule has 2 aromatic heterocycles. The van der Waals surface area contributed by atoms with Crippen molar-refractivity contribution in [3.63, 3.8) is 0 Å². The molecule has 0 aliphatic rings. The molecule has 17 heavy (non-hydrogen) atoms. The number of nitrogens with one attached hydrogen (secondary N) is 2. The molecule has 0 spiro atoms. The van der Waals surface area contributed by atoms with E-state index in [2.05, 4.69) is 25.6 Å². The van der Waals surface area contributed by atoms with Crippen molar-refractivity contribution in [3.8, 4) is 0 Å². The molecule has 0 aromatic carbocycles. The number of rotatable bonds is 4. The van der Waals surface area contributed by atoms with E-state index < -0.39 is 0 Å². The Kier molecular flexibility index (Phi) is 3.22. The van der Waals surface area contributed by atoms with Crippen molar-refractivity contribution in [1.29, 1.82) is 0 Å². The summed E-state index contributed by atoms with van der Waals surface area (Å²) in [5.74, 6) is 2.75. The van der Waals surface area contributed by atoms with Crippen molar-refractivity contribution < 1.29 is 4.42 Å². The highest BCUT2D eigenvalue weighted by molar-refractivity contribution is 5.40. The molecule has 6 heteroatoms. The van der Waals surface area contributed by atoms with Crippen LogP contribution in [-0.2, 0) is 0 Å². The first-order chi connectivity index (χ1) is 8.19. The summed E-state index contributed by atoms with van der Waals surface area (Å²) in [6, 6.07) is 1.76. The number of oxazole rings is 1. The van der Waals surface area contributed by atoms with E-state index in [1.807, 2.05) is 13.8 Å². The molecule has 2 rings (SSSR count). The highest BCUT2D eigenvalue weighted by Crippen LogP contribution is 2.17. The van der Waals surface area contributed by atoms with E-state index in [0.29, 0.717) is 11.8 Å². The fraction of sp³-hybridized carbons (Fsp3) is 0.364. The molecule has 6 nitrogen and oxygen atoms in total. The summed E-state index contributed by atoms with van der Waals surface area (Å²) in [7, 11) is 1.78. The first-order valence-electron chi connectivity index (χ1n) is 5.38. The van der Waals surface area contributed by atoms with Gasteiger partial charge in [0.25, 0.3) is 0 Å². The Morgan fingerprint density at radius 3 is 2.82 bits per heavy atom. The lowest BCUT2D eigenvalue weighted by molar-refractivity contribution is 0.453. The number of hydrogen-bond acceptors (Lipinski definition) is 6. The molecule has 0 radical (unpaired) electrons. The Hall–Kier alpha value is -2.11. The number of aromatic nitrogens is 3. The van der Waals surface area contributed by atoms with Gasteiger partial charge in [0.05, 0.1) is 6.20 Å². The minimum atomic E-state index is -0.0386. The Bertz CT molecular complexity index is 496. The lowest BCUT2D eigenvalue weighted by Gasteiger charge is -2.11. The summed E-state index contributed by atoms with van der Waals surface area (Å²) in [6.07, 6.45) is 3.39. The predicted molar refractivity (Wildman–Crippen MR) is 64.9 cm³/mol. The summed E-state index contributed by atoms with van der Waals surface area (Å²) in [5.41, 5.74) is 0. The Morgan fingerprint density at radius 2 is 2.18 bits per heavy atom. The molecule has 0 aliphatic carbocycles. The second kappa shape index (κ2) is 4.82. The Morgan fingerprint density at radius 1 is 1.35 bits per heavy atom. The van der Waals surface area contributed by atoms with E-state index >= 15 is 0 Å². The molecule has 90 valence electrons. The maximum Gasteiger partial charge on any atom is 0.224 e. The first kappa shape index (κ1) is 11.4. The third-order valence-corrected chi connectivity index (χ3v) is 2.25. The highest BCUT2D eigenvalue weighted by atomic mass is 16.4. The quantitative estimate of drug-likeness (QED) is 0.841. The van der Waals surface area contributed by atoms with E-state index in [0.717, 1.165) is 11.6 Å². The second-order valence-corrected chi connectivity index (χ2v) is 3.69. The van der Waals surface area contributed by atoms with Crippen LogP contribution in [-0.4, -0.2) is 22.0 Å². The van der Waals surface area contributed by atoms with E-state index in [9.17, 15) is 0 Å². The molecule has 0 fully saturated rings. The predicted octanol–water partition coefficient (Wildman–Crippen LogP) is 1.99. The Labute approximate surface area is 99.5 Å². The smallest absolute Gasteiger partial charge is 0.224 e. The molecule has 0 aliphatic heterocycles. The van der Waals surface area contributed by atoms with Crippen molar-refractivity contribution in [3.05, 3.63) is 30.1 Å². The molecular weight excluding hydrogens is 218 g/mol. The van der Waals surface area contributed by atoms with Gasteiger partial charge in [-0.25, -0.2) is 9.97 Å². The van der Waals surface area contributed by atoms with E-state index in [1.54, 1.807) is 25.5 Å². The van der Waals surface area contributed by atoms with Crippen LogP contribution in [0.3, 0.4) is 0 Å². The van der Waals surface area contributed by atoms with E-state index in [4.69, 9.17) is 4.42 Å². The molecule has 1 unspecified atom stereocenters. The standard InChI is InChI=1S/C11H15N5O/c1-7-6-14-10(17-7)8(2)15-9-4-5-13-11(12-3)16-9/h4-6,8H,1-3H3,(H2,12,13,15,16). The van der Waals surface area contributed by atoms with E-state index in [-0.39, 0.29) is 6.04 Å². The molecular formula is C11H15N5O. The molecule has 0 bridgehead atoms. The van der Waals surface area contributed by atoms with Crippen molar-refractivity contribution in [2.45, 2.75) is 19.9 Å². The average Bonchev–Trinajstić information content (AvgIpc) is 2.76. The third kappa shape index (κ3) is 2.72. The maximum absolute atomic E-state index is 5.44. The number of nitrogens with zero attached hydrogens (tertiary/aromatic N) is 3. The first-order valence-corrected chi connectivity index (χ1v) is 5.38. The van der Waals surface area contributed by atoms with Crippen LogP contribution in [0, 0.1) is 6.92 Å². The Balaban J connectivity index is 2.09. The van der Waals surface area contributed by atoms with E-state index in [1.165, 1.54) is 0 Å². The van der Waals surface area contributed by atoms with Crippen molar-refractivity contribution in [1.82, 2.24) is 15.0 Å². The fourth-order valence-electron chi connectivity index (χ4n) is 1.42. The van der Waals surface area contributed by atoms with Gasteiger partial charge in [0.15, 0.2) is 0 Å². The molecule has 0 saturated heterocycles. The summed E-state index contributed by atoms with van der Waals surface area (Å²) in [4.78, 5) is 12.5. The number of hydrogen-bond donors (Lipinski definition) is 2. The third-order valence-electron chi connectivity index (χ3n) is 2.25. The van der Waals surface area contributed by atoms with Gasteiger partial charge in [0.2, 0.25) is 11.8 Å². The number of anilines is 2. The van der Waals surface area contributed by atoms with Crippen LogP contribution in [0.2, 0.25) is 0 Å². The summed E-state index contributed by atoms with van der Waals surface area (Å²) in [5, 5.41) is 6.08. The van der Waals surface area contributed by atoms with Crippen LogP contribution in [0.15, 0.2) is 22.9 Å². The lowest BCUT2D eigenvalue weighted by atomic mass is 10.3. The SMILES string of the molecule is CNc1nccc(NC(C)c2ncc(C)o2)n1. The lowest BCUT2D eigenvalue weighted by Crippen LogP contribution is -2.09. The molecule has 1 atom stereocenters. The van der Waals surface area contributed by atoms with Gasteiger partial charge >= 0.3 is 0 Å². The molecule has 2 N–H and O–H groups in total. The molecule has 2 aromatic rings. The monoisotopic (exact) mass is 233 g/mol. The molecule has 2 heterocycles. The zero-order chi connectivity index (χ0) is 12.3. The van der Waals surface area contributed by atoms with Crippen molar-refractivity contribution >= 4 is 11.8 Å². The van der Waals surface area contributed by atoms with Crippen molar-refractivity contribution in [2.24, 2.45) is 0 Å². The van der Waals surface area contributed by atoms with Crippen LogP contribution >= 0.6 is 0 Å². The topological polar surface area (TPSA) is 75.9 Å². The molecule has 0 amide bonds. The van der Waals surface area contributed by atoms with Crippen LogP contribution < -0.4 is 10.6 Å². The van der Waals surface area contributed by atoms with Gasteiger partial charge < -0.3 is 15.1 Å². The molecule has 0 saturated carbocycles. The van der Waals surface area contributed by atoms with Gasteiger partial charge in [0.1, 0.15) is 17.6 Å². The summed E-state index contributed by atoms with van der Waals surface area (Å²) >= 11 is 0. The normalized spacial score (nSPS) is 12.2. The van der Waals surface area contributed by atoms with Gasteiger partial charge in [-0.2, -0.15) is 4.98 Å². The van der Waals surface area contributed by atoms with Crippen LogP contribution in [0.5, 0.6) is 0 Å². The fourth-order valence-corrected chi connectivity index (χ4v) is 1.42. The zero-order valence-electron chi connectivity index (χ0n) is 10.1. The minimum Gasteiger partial charge on any atom is -0.444 e. The summed E-state index contributed by atoms with van der Waals surface area (Å²) in [6.45, 7) is 3.83. The maximum atomic E-state index is 5.44. The van der Waals surface area contributed by atoms with Gasteiger partial charge in [-0.1, -0.05) is 0 Å². The van der Waals surface area contributed by atoms with Crippen LogP contribution in [0.1, 0.15) is 24.6 Å².